The molecule has 0 saturated heterocycles. The van der Waals surface area contributed by atoms with Gasteiger partial charge in [-0.05, 0) is 53.7 Å². The van der Waals surface area contributed by atoms with Crippen LogP contribution in [0.25, 0.3) is 0 Å². The molecule has 1 atom stereocenters. The van der Waals surface area contributed by atoms with Crippen LogP contribution in [0.3, 0.4) is 0 Å². The van der Waals surface area contributed by atoms with Crippen LogP contribution in [-0.4, -0.2) is 12.6 Å². The number of nitrogens with one attached hydrogen (secondary N) is 1. The molecule has 0 amide bonds. The molecule has 0 spiro atoms. The fraction of sp³-hybridized carbons (Fsp3) is 0.692. The number of halogens is 1. The van der Waals surface area contributed by atoms with Crippen molar-refractivity contribution in [3.05, 3.63) is 20.8 Å². The van der Waals surface area contributed by atoms with Crippen LogP contribution in [-0.2, 0) is 6.42 Å². The quantitative estimate of drug-likeness (QED) is 0.784. The Kier molecular flexibility index (Phi) is 6.62. The SMILES string of the molecule is CCNC(CCCc1cc(Br)cs1)C(C)C. The summed E-state index contributed by atoms with van der Waals surface area (Å²) in [4.78, 5) is 1.49. The maximum absolute atomic E-state index is 3.57. The third kappa shape index (κ3) is 4.98. The summed E-state index contributed by atoms with van der Waals surface area (Å²) in [6.45, 7) is 7.86. The summed E-state index contributed by atoms with van der Waals surface area (Å²) in [6, 6.07) is 2.91. The average Bonchev–Trinajstić information content (AvgIpc) is 2.63. The zero-order chi connectivity index (χ0) is 12.0. The van der Waals surface area contributed by atoms with Gasteiger partial charge in [0, 0.05) is 20.8 Å². The monoisotopic (exact) mass is 303 g/mol. The summed E-state index contributed by atoms with van der Waals surface area (Å²) in [5.74, 6) is 0.732. The van der Waals surface area contributed by atoms with Gasteiger partial charge >= 0.3 is 0 Å². The molecule has 0 saturated carbocycles. The van der Waals surface area contributed by atoms with Crippen molar-refractivity contribution in [2.24, 2.45) is 5.92 Å². The lowest BCUT2D eigenvalue weighted by atomic mass is 9.98. The summed E-state index contributed by atoms with van der Waals surface area (Å²) < 4.78 is 1.22. The number of aryl methyl sites for hydroxylation is 1. The topological polar surface area (TPSA) is 12.0 Å². The van der Waals surface area contributed by atoms with Gasteiger partial charge in [0.05, 0.1) is 0 Å². The van der Waals surface area contributed by atoms with Gasteiger partial charge in [-0.1, -0.05) is 20.8 Å². The van der Waals surface area contributed by atoms with Crippen molar-refractivity contribution < 1.29 is 0 Å². The number of hydrogen-bond acceptors (Lipinski definition) is 2. The van der Waals surface area contributed by atoms with Gasteiger partial charge in [0.1, 0.15) is 0 Å². The van der Waals surface area contributed by atoms with Gasteiger partial charge in [-0.25, -0.2) is 0 Å². The molecule has 1 nitrogen and oxygen atoms in total. The molecule has 0 aliphatic rings. The molecule has 16 heavy (non-hydrogen) atoms. The second-order valence-corrected chi connectivity index (χ2v) is 6.44. The van der Waals surface area contributed by atoms with E-state index in [1.807, 2.05) is 11.3 Å². The van der Waals surface area contributed by atoms with E-state index in [4.69, 9.17) is 0 Å². The van der Waals surface area contributed by atoms with Gasteiger partial charge in [0.25, 0.3) is 0 Å². The molecule has 1 N–H and O–H groups in total. The van der Waals surface area contributed by atoms with Gasteiger partial charge in [-0.15, -0.1) is 11.3 Å². The van der Waals surface area contributed by atoms with E-state index in [-0.39, 0.29) is 0 Å². The predicted octanol–water partition coefficient (Wildman–Crippen LogP) is 4.47. The Morgan fingerprint density at radius 2 is 2.19 bits per heavy atom. The van der Waals surface area contributed by atoms with E-state index in [9.17, 15) is 0 Å². The molecule has 1 rings (SSSR count). The summed E-state index contributed by atoms with van der Waals surface area (Å²) in [5.41, 5.74) is 0. The van der Waals surface area contributed by atoms with Crippen LogP contribution in [0, 0.1) is 5.92 Å². The van der Waals surface area contributed by atoms with Crippen molar-refractivity contribution in [2.75, 3.05) is 6.54 Å². The Balaban J connectivity index is 2.27. The Morgan fingerprint density at radius 3 is 2.69 bits per heavy atom. The largest absolute Gasteiger partial charge is 0.314 e. The van der Waals surface area contributed by atoms with Crippen molar-refractivity contribution in [2.45, 2.75) is 46.1 Å². The molecule has 0 aromatic carbocycles. The molecule has 0 bridgehead atoms. The lowest BCUT2D eigenvalue weighted by Crippen LogP contribution is -2.33. The Bertz CT molecular complexity index is 296. The fourth-order valence-corrected chi connectivity index (χ4v) is 3.41. The van der Waals surface area contributed by atoms with Crippen LogP contribution in [0.5, 0.6) is 0 Å². The second-order valence-electron chi connectivity index (χ2n) is 4.53. The van der Waals surface area contributed by atoms with Crippen LogP contribution in [0.1, 0.15) is 38.5 Å². The normalized spacial score (nSPS) is 13.3. The summed E-state index contributed by atoms with van der Waals surface area (Å²) in [5, 5.41) is 5.73. The van der Waals surface area contributed by atoms with Crippen molar-refractivity contribution in [1.29, 1.82) is 0 Å². The summed E-state index contributed by atoms with van der Waals surface area (Å²) >= 11 is 5.35. The Labute approximate surface area is 112 Å². The van der Waals surface area contributed by atoms with Crippen molar-refractivity contribution in [1.82, 2.24) is 5.32 Å². The smallest absolute Gasteiger partial charge is 0.0285 e. The molecule has 0 aliphatic heterocycles. The highest BCUT2D eigenvalue weighted by atomic mass is 79.9. The van der Waals surface area contributed by atoms with Crippen molar-refractivity contribution in [3.8, 4) is 0 Å². The molecular weight excluding hydrogens is 282 g/mol. The van der Waals surface area contributed by atoms with Gasteiger partial charge in [0.15, 0.2) is 0 Å². The van der Waals surface area contributed by atoms with E-state index in [1.165, 1.54) is 28.6 Å². The molecule has 92 valence electrons. The Morgan fingerprint density at radius 1 is 1.44 bits per heavy atom. The minimum absolute atomic E-state index is 0.674. The molecule has 3 heteroatoms. The molecule has 0 radical (unpaired) electrons. The molecule has 1 aromatic heterocycles. The lowest BCUT2D eigenvalue weighted by molar-refractivity contribution is 0.377. The minimum atomic E-state index is 0.674. The first-order valence-electron chi connectivity index (χ1n) is 6.09. The van der Waals surface area contributed by atoms with Crippen LogP contribution in [0.2, 0.25) is 0 Å². The third-order valence-electron chi connectivity index (χ3n) is 2.83. The van der Waals surface area contributed by atoms with Gasteiger partial charge < -0.3 is 5.32 Å². The van der Waals surface area contributed by atoms with E-state index >= 15 is 0 Å². The van der Waals surface area contributed by atoms with Crippen LogP contribution >= 0.6 is 27.3 Å². The predicted molar refractivity (Wildman–Crippen MR) is 77.3 cm³/mol. The van der Waals surface area contributed by atoms with Crippen molar-refractivity contribution in [3.63, 3.8) is 0 Å². The number of thiophene rings is 1. The van der Waals surface area contributed by atoms with E-state index < -0.39 is 0 Å². The molecule has 0 fully saturated rings. The summed E-state index contributed by atoms with van der Waals surface area (Å²) in [7, 11) is 0. The van der Waals surface area contributed by atoms with Crippen molar-refractivity contribution >= 4 is 27.3 Å². The average molecular weight is 304 g/mol. The maximum Gasteiger partial charge on any atom is 0.0285 e. The highest BCUT2D eigenvalue weighted by Gasteiger charge is 2.11. The van der Waals surface area contributed by atoms with Gasteiger partial charge in [-0.3, -0.25) is 0 Å². The highest BCUT2D eigenvalue weighted by molar-refractivity contribution is 9.10. The van der Waals surface area contributed by atoms with Gasteiger partial charge in [-0.2, -0.15) is 0 Å². The Hall–Kier alpha value is 0.140. The minimum Gasteiger partial charge on any atom is -0.314 e. The zero-order valence-corrected chi connectivity index (χ0v) is 12.8. The first-order chi connectivity index (χ1) is 7.63. The van der Waals surface area contributed by atoms with Crippen LogP contribution < -0.4 is 5.32 Å². The standard InChI is InChI=1S/C13H22BrNS/c1-4-15-13(10(2)3)7-5-6-12-8-11(14)9-16-12/h8-10,13,15H,4-7H2,1-3H3. The third-order valence-corrected chi connectivity index (χ3v) is 4.59. The molecule has 0 aliphatic carbocycles. The molecule has 1 unspecified atom stereocenters. The van der Waals surface area contributed by atoms with Crippen LogP contribution in [0.15, 0.2) is 15.9 Å². The van der Waals surface area contributed by atoms with E-state index in [2.05, 4.69) is 53.5 Å². The lowest BCUT2D eigenvalue weighted by Gasteiger charge is -2.21. The van der Waals surface area contributed by atoms with Gasteiger partial charge in [0.2, 0.25) is 0 Å². The first-order valence-corrected chi connectivity index (χ1v) is 7.77. The zero-order valence-electron chi connectivity index (χ0n) is 10.4. The molecular formula is C13H22BrNS. The second kappa shape index (κ2) is 7.46. The molecule has 1 heterocycles. The van der Waals surface area contributed by atoms with Crippen LogP contribution in [0.4, 0.5) is 0 Å². The van der Waals surface area contributed by atoms with E-state index in [0.717, 1.165) is 12.5 Å². The van der Waals surface area contributed by atoms with E-state index in [0.29, 0.717) is 6.04 Å². The fourth-order valence-electron chi connectivity index (χ4n) is 1.91. The number of hydrogen-bond donors (Lipinski definition) is 1. The highest BCUT2D eigenvalue weighted by Crippen LogP contribution is 2.22. The van der Waals surface area contributed by atoms with E-state index in [1.54, 1.807) is 0 Å². The number of rotatable bonds is 7. The maximum atomic E-state index is 3.57. The summed E-state index contributed by atoms with van der Waals surface area (Å²) in [6.07, 6.45) is 3.77. The molecule has 1 aromatic rings. The first kappa shape index (κ1) is 14.2.